The maximum absolute atomic E-state index is 12.5. The van der Waals surface area contributed by atoms with Gasteiger partial charge in [0.05, 0.1) is 29.2 Å². The molecule has 0 atom stereocenters. The Morgan fingerprint density at radius 3 is 3.00 bits per heavy atom. The minimum atomic E-state index is -0.202. The molecule has 5 aromatic rings. The number of hydrogen-bond donors (Lipinski definition) is 1. The Kier molecular flexibility index (Phi) is 3.05. The first-order valence-electron chi connectivity index (χ1n) is 8.21. The Morgan fingerprint density at radius 2 is 2.19 bits per heavy atom. The van der Waals surface area contributed by atoms with Gasteiger partial charge in [0.15, 0.2) is 5.65 Å². The van der Waals surface area contributed by atoms with E-state index in [0.717, 1.165) is 23.0 Å². The molecule has 1 N–H and O–H groups in total. The summed E-state index contributed by atoms with van der Waals surface area (Å²) >= 11 is 0. The van der Waals surface area contributed by atoms with Gasteiger partial charge in [-0.2, -0.15) is 5.10 Å². The summed E-state index contributed by atoms with van der Waals surface area (Å²) in [5.41, 5.74) is 3.40. The van der Waals surface area contributed by atoms with Crippen LogP contribution in [-0.4, -0.2) is 29.4 Å². The van der Waals surface area contributed by atoms with Gasteiger partial charge in [-0.05, 0) is 19.1 Å². The van der Waals surface area contributed by atoms with Gasteiger partial charge in [-0.1, -0.05) is 6.07 Å². The first-order chi connectivity index (χ1) is 12.7. The zero-order valence-corrected chi connectivity index (χ0v) is 13.9. The van der Waals surface area contributed by atoms with E-state index in [9.17, 15) is 4.79 Å². The van der Waals surface area contributed by atoms with Crippen LogP contribution < -0.4 is 5.56 Å². The van der Waals surface area contributed by atoms with Gasteiger partial charge in [0, 0.05) is 29.8 Å². The van der Waals surface area contributed by atoms with Gasteiger partial charge in [0.25, 0.3) is 5.56 Å². The van der Waals surface area contributed by atoms with Crippen molar-refractivity contribution in [3.8, 4) is 22.7 Å². The van der Waals surface area contributed by atoms with Crippen molar-refractivity contribution in [3.05, 3.63) is 59.5 Å². The summed E-state index contributed by atoms with van der Waals surface area (Å²) in [7, 11) is 0. The van der Waals surface area contributed by atoms with Crippen LogP contribution >= 0.6 is 0 Å². The second-order valence-electron chi connectivity index (χ2n) is 5.90. The molecule has 0 spiro atoms. The predicted molar refractivity (Wildman–Crippen MR) is 95.7 cm³/mol. The van der Waals surface area contributed by atoms with E-state index < -0.39 is 0 Å². The molecule has 26 heavy (non-hydrogen) atoms. The molecule has 0 radical (unpaired) electrons. The molecule has 8 nitrogen and oxygen atoms in total. The number of nitrogens with one attached hydrogen (secondary N) is 1. The Labute approximate surface area is 146 Å². The van der Waals surface area contributed by atoms with Crippen molar-refractivity contribution in [2.24, 2.45) is 0 Å². The van der Waals surface area contributed by atoms with Crippen LogP contribution in [0.25, 0.3) is 39.3 Å². The maximum Gasteiger partial charge on any atom is 0.273 e. The first kappa shape index (κ1) is 14.6. The van der Waals surface area contributed by atoms with Crippen LogP contribution in [-0.2, 0) is 6.54 Å². The summed E-state index contributed by atoms with van der Waals surface area (Å²) in [6, 6.07) is 7.45. The van der Waals surface area contributed by atoms with Crippen LogP contribution in [0.4, 0.5) is 0 Å². The van der Waals surface area contributed by atoms with Crippen LogP contribution in [0.3, 0.4) is 0 Å². The van der Waals surface area contributed by atoms with E-state index in [1.54, 1.807) is 12.4 Å². The Morgan fingerprint density at radius 1 is 1.27 bits per heavy atom. The molecule has 4 heterocycles. The topological polar surface area (TPSA) is 94.0 Å². The molecule has 0 unspecified atom stereocenters. The van der Waals surface area contributed by atoms with E-state index in [4.69, 9.17) is 4.42 Å². The second-order valence-corrected chi connectivity index (χ2v) is 5.90. The van der Waals surface area contributed by atoms with Crippen LogP contribution in [0.5, 0.6) is 0 Å². The molecule has 8 heteroatoms. The molecule has 0 saturated carbocycles. The van der Waals surface area contributed by atoms with Crippen LogP contribution in [0.15, 0.2) is 58.3 Å². The lowest BCUT2D eigenvalue weighted by Gasteiger charge is -2.04. The normalized spacial score (nSPS) is 11.6. The zero-order chi connectivity index (χ0) is 17.7. The summed E-state index contributed by atoms with van der Waals surface area (Å²) in [6.07, 6.45) is 6.52. The van der Waals surface area contributed by atoms with Crippen LogP contribution in [0.2, 0.25) is 0 Å². The minimum Gasteiger partial charge on any atom is -0.444 e. The molecule has 4 aromatic heterocycles. The summed E-state index contributed by atoms with van der Waals surface area (Å²) in [6.45, 7) is 2.85. The van der Waals surface area contributed by atoms with E-state index in [1.807, 2.05) is 36.0 Å². The molecule has 0 amide bonds. The fourth-order valence-corrected chi connectivity index (χ4v) is 3.14. The third kappa shape index (κ3) is 2.08. The Balaban J connectivity index is 1.72. The average Bonchev–Trinajstić information content (AvgIpc) is 3.39. The number of fused-ring (bicyclic) bond motifs is 2. The van der Waals surface area contributed by atoms with Crippen molar-refractivity contribution in [3.63, 3.8) is 0 Å². The van der Waals surface area contributed by atoms with Crippen LogP contribution in [0, 0.1) is 0 Å². The second kappa shape index (κ2) is 5.41. The van der Waals surface area contributed by atoms with E-state index in [0.29, 0.717) is 22.8 Å². The molecular formula is C18H14N6O2. The minimum absolute atomic E-state index is 0.202. The highest BCUT2D eigenvalue weighted by molar-refractivity contribution is 5.84. The van der Waals surface area contributed by atoms with Gasteiger partial charge in [0.1, 0.15) is 6.26 Å². The van der Waals surface area contributed by atoms with E-state index in [1.165, 1.54) is 16.8 Å². The lowest BCUT2D eigenvalue weighted by molar-refractivity contribution is 0.575. The molecule has 0 saturated heterocycles. The maximum atomic E-state index is 12.5. The zero-order valence-electron chi connectivity index (χ0n) is 13.9. The highest BCUT2D eigenvalue weighted by atomic mass is 16.3. The number of oxazole rings is 1. The van der Waals surface area contributed by atoms with E-state index in [-0.39, 0.29) is 5.56 Å². The molecule has 0 aliphatic heterocycles. The highest BCUT2D eigenvalue weighted by Gasteiger charge is 2.15. The van der Waals surface area contributed by atoms with Crippen molar-refractivity contribution in [2.75, 3.05) is 0 Å². The average molecular weight is 346 g/mol. The number of aryl methyl sites for hydroxylation is 1. The fraction of sp³-hybridized carbons (Fsp3) is 0.111. The number of rotatable bonds is 3. The molecule has 0 bridgehead atoms. The number of aromatic amines is 1. The van der Waals surface area contributed by atoms with Crippen molar-refractivity contribution >= 4 is 16.6 Å². The van der Waals surface area contributed by atoms with Crippen molar-refractivity contribution in [1.82, 2.24) is 29.4 Å². The van der Waals surface area contributed by atoms with Gasteiger partial charge in [-0.15, -0.1) is 0 Å². The number of H-pyrrole nitrogens is 1. The lowest BCUT2D eigenvalue weighted by Crippen LogP contribution is -2.14. The van der Waals surface area contributed by atoms with E-state index >= 15 is 0 Å². The number of hydrogen-bond acceptors (Lipinski definition) is 5. The molecule has 1 aromatic carbocycles. The number of benzene rings is 1. The quantitative estimate of drug-likeness (QED) is 0.542. The summed E-state index contributed by atoms with van der Waals surface area (Å²) < 4.78 is 8.65. The molecule has 128 valence electrons. The Bertz CT molecular complexity index is 1290. The van der Waals surface area contributed by atoms with Crippen molar-refractivity contribution in [1.29, 1.82) is 0 Å². The van der Waals surface area contributed by atoms with Crippen molar-refractivity contribution < 1.29 is 4.42 Å². The van der Waals surface area contributed by atoms with Crippen molar-refractivity contribution in [2.45, 2.75) is 13.5 Å². The Hall–Kier alpha value is -3.68. The van der Waals surface area contributed by atoms with Gasteiger partial charge in [0.2, 0.25) is 5.89 Å². The van der Waals surface area contributed by atoms with E-state index in [2.05, 4.69) is 20.2 Å². The van der Waals surface area contributed by atoms with Crippen LogP contribution in [0.1, 0.15) is 6.92 Å². The SMILES string of the molecule is CCn1ncc2cc(-c3cc(=O)n4[nH]cc(-c5ncco5)c4n3)ccc21. The molecule has 0 aliphatic rings. The van der Waals surface area contributed by atoms with Gasteiger partial charge >= 0.3 is 0 Å². The molecule has 0 fully saturated rings. The molecular weight excluding hydrogens is 332 g/mol. The number of nitrogens with zero attached hydrogens (tertiary/aromatic N) is 5. The fourth-order valence-electron chi connectivity index (χ4n) is 3.14. The van der Waals surface area contributed by atoms with Gasteiger partial charge < -0.3 is 4.42 Å². The summed E-state index contributed by atoms with van der Waals surface area (Å²) in [4.78, 5) is 21.3. The highest BCUT2D eigenvalue weighted by Crippen LogP contribution is 2.25. The number of aromatic nitrogens is 6. The lowest BCUT2D eigenvalue weighted by atomic mass is 10.1. The smallest absolute Gasteiger partial charge is 0.273 e. The largest absolute Gasteiger partial charge is 0.444 e. The molecule has 5 rings (SSSR count). The summed E-state index contributed by atoms with van der Waals surface area (Å²) in [5, 5.41) is 8.26. The summed E-state index contributed by atoms with van der Waals surface area (Å²) in [5.74, 6) is 0.410. The van der Waals surface area contributed by atoms with Gasteiger partial charge in [-0.3, -0.25) is 14.6 Å². The third-order valence-corrected chi connectivity index (χ3v) is 4.40. The van der Waals surface area contributed by atoms with Gasteiger partial charge in [-0.25, -0.2) is 14.5 Å². The standard InChI is InChI=1S/C18H14N6O2/c1-2-23-15-4-3-11(7-12(15)9-20-23)14-8-16(25)24-17(22-14)13(10-21-24)18-19-5-6-26-18/h3-10,21H,2H2,1H3. The third-order valence-electron chi connectivity index (χ3n) is 4.40. The first-order valence-corrected chi connectivity index (χ1v) is 8.21. The molecule has 0 aliphatic carbocycles. The monoisotopic (exact) mass is 346 g/mol. The predicted octanol–water partition coefficient (Wildman–Crippen LogP) is 2.71.